The number of nitrogens with one attached hydrogen (secondary N) is 1. The van der Waals surface area contributed by atoms with Gasteiger partial charge in [0.1, 0.15) is 11.1 Å². The Morgan fingerprint density at radius 1 is 1.17 bits per heavy atom. The van der Waals surface area contributed by atoms with Crippen LogP contribution in [0.15, 0.2) is 24.3 Å². The molecule has 4 fully saturated rings. The van der Waals surface area contributed by atoms with Crippen molar-refractivity contribution in [2.24, 2.45) is 23.2 Å². The lowest BCUT2D eigenvalue weighted by Crippen LogP contribution is -2.58. The summed E-state index contributed by atoms with van der Waals surface area (Å²) < 4.78 is 0. The maximum atomic E-state index is 12.9. The van der Waals surface area contributed by atoms with Crippen molar-refractivity contribution in [2.75, 3.05) is 5.32 Å². The molecule has 0 aromatic heterocycles. The highest BCUT2D eigenvalue weighted by Crippen LogP contribution is 2.58. The normalized spacial score (nSPS) is 34.4. The van der Waals surface area contributed by atoms with Gasteiger partial charge in [0.15, 0.2) is 5.78 Å². The molecule has 4 aliphatic rings. The molecule has 2 unspecified atom stereocenters. The van der Waals surface area contributed by atoms with Gasteiger partial charge in [0.25, 0.3) is 5.69 Å². The zero-order valence-corrected chi connectivity index (χ0v) is 12.7. The van der Waals surface area contributed by atoms with Crippen LogP contribution in [0.4, 0.5) is 11.4 Å². The Labute approximate surface area is 133 Å². The molecule has 4 aliphatic carbocycles. The first-order valence-electron chi connectivity index (χ1n) is 8.09. The van der Waals surface area contributed by atoms with Gasteiger partial charge >= 0.3 is 0 Å². The Kier molecular flexibility index (Phi) is 3.04. The van der Waals surface area contributed by atoms with E-state index in [0.29, 0.717) is 24.7 Å². The Bertz CT molecular complexity index is 700. The molecule has 0 radical (unpaired) electrons. The zero-order valence-electron chi connectivity index (χ0n) is 12.7. The van der Waals surface area contributed by atoms with E-state index >= 15 is 0 Å². The summed E-state index contributed by atoms with van der Waals surface area (Å²) in [6, 6.07) is 6.08. The van der Waals surface area contributed by atoms with Gasteiger partial charge in [0.05, 0.1) is 4.92 Å². The first kappa shape index (κ1) is 14.4. The SMILES string of the molecule is O=C(Nc1ccccc1[N+](=O)[O-])C12CC3CC(CC(C3)C1=O)C2. The molecule has 1 amide bonds. The van der Waals surface area contributed by atoms with Crippen molar-refractivity contribution in [3.05, 3.63) is 34.4 Å². The number of ketones is 1. The van der Waals surface area contributed by atoms with Crippen molar-refractivity contribution >= 4 is 23.1 Å². The number of carbonyl (C=O) groups excluding carboxylic acids is 2. The van der Waals surface area contributed by atoms with E-state index in [0.717, 1.165) is 19.3 Å². The average molecular weight is 314 g/mol. The summed E-state index contributed by atoms with van der Waals surface area (Å²) >= 11 is 0. The lowest BCUT2D eigenvalue weighted by Gasteiger charge is -2.54. The van der Waals surface area contributed by atoms with Crippen molar-refractivity contribution in [3.63, 3.8) is 0 Å². The molecule has 1 aromatic carbocycles. The van der Waals surface area contributed by atoms with Gasteiger partial charge in [0.2, 0.25) is 5.91 Å². The van der Waals surface area contributed by atoms with E-state index < -0.39 is 10.3 Å². The molecule has 0 heterocycles. The molecular weight excluding hydrogens is 296 g/mol. The Morgan fingerprint density at radius 2 is 1.83 bits per heavy atom. The van der Waals surface area contributed by atoms with Gasteiger partial charge in [-0.15, -0.1) is 0 Å². The average Bonchev–Trinajstić information content (AvgIpc) is 2.52. The minimum atomic E-state index is -0.960. The minimum absolute atomic E-state index is 0.0118. The largest absolute Gasteiger partial charge is 0.319 e. The van der Waals surface area contributed by atoms with Gasteiger partial charge in [0, 0.05) is 12.0 Å². The molecule has 2 atom stereocenters. The summed E-state index contributed by atoms with van der Waals surface area (Å²) in [5.74, 6) is 0.609. The van der Waals surface area contributed by atoms with E-state index in [2.05, 4.69) is 5.32 Å². The van der Waals surface area contributed by atoms with E-state index in [4.69, 9.17) is 0 Å². The minimum Gasteiger partial charge on any atom is -0.319 e. The Hall–Kier alpha value is -2.24. The van der Waals surface area contributed by atoms with Gasteiger partial charge in [-0.3, -0.25) is 19.7 Å². The van der Waals surface area contributed by atoms with Crippen LogP contribution in [0, 0.1) is 33.3 Å². The van der Waals surface area contributed by atoms with Gasteiger partial charge < -0.3 is 5.32 Å². The number of amides is 1. The number of nitro benzene ring substituents is 1. The highest BCUT2D eigenvalue weighted by Gasteiger charge is 2.60. The van der Waals surface area contributed by atoms with E-state index in [1.165, 1.54) is 12.1 Å². The van der Waals surface area contributed by atoms with Gasteiger partial charge in [-0.1, -0.05) is 12.1 Å². The van der Waals surface area contributed by atoms with Crippen LogP contribution in [-0.2, 0) is 9.59 Å². The van der Waals surface area contributed by atoms with E-state index in [1.54, 1.807) is 12.1 Å². The third kappa shape index (κ3) is 2.08. The summed E-state index contributed by atoms with van der Waals surface area (Å²) in [5, 5.41) is 13.8. The van der Waals surface area contributed by atoms with Gasteiger partial charge in [-0.2, -0.15) is 0 Å². The summed E-state index contributed by atoms with van der Waals surface area (Å²) in [4.78, 5) is 36.2. The van der Waals surface area contributed by atoms with E-state index in [1.807, 2.05) is 0 Å². The molecular formula is C17H18N2O4. The molecule has 6 nitrogen and oxygen atoms in total. The summed E-state index contributed by atoms with van der Waals surface area (Å²) in [5.41, 5.74) is -0.928. The van der Waals surface area contributed by atoms with Crippen LogP contribution in [0.3, 0.4) is 0 Å². The lowest BCUT2D eigenvalue weighted by molar-refractivity contribution is -0.383. The maximum Gasteiger partial charge on any atom is 0.292 e. The van der Waals surface area contributed by atoms with Crippen molar-refractivity contribution < 1.29 is 14.5 Å². The number of hydrogen-bond donors (Lipinski definition) is 1. The quantitative estimate of drug-likeness (QED) is 0.527. The number of rotatable bonds is 3. The van der Waals surface area contributed by atoms with Crippen LogP contribution in [0.2, 0.25) is 0 Å². The number of para-hydroxylation sites is 2. The van der Waals surface area contributed by atoms with Crippen LogP contribution in [0.1, 0.15) is 32.1 Å². The van der Waals surface area contributed by atoms with Crippen molar-refractivity contribution in [2.45, 2.75) is 32.1 Å². The molecule has 0 aliphatic heterocycles. The topological polar surface area (TPSA) is 89.3 Å². The van der Waals surface area contributed by atoms with Crippen LogP contribution < -0.4 is 5.32 Å². The number of anilines is 1. The second-order valence-electron chi connectivity index (χ2n) is 7.22. The molecule has 1 N–H and O–H groups in total. The molecule has 23 heavy (non-hydrogen) atoms. The monoisotopic (exact) mass is 314 g/mol. The first-order valence-corrected chi connectivity index (χ1v) is 8.09. The molecule has 0 saturated heterocycles. The molecule has 4 bridgehead atoms. The lowest BCUT2D eigenvalue weighted by atomic mass is 9.48. The number of nitro groups is 1. The van der Waals surface area contributed by atoms with Crippen LogP contribution in [0.25, 0.3) is 0 Å². The number of benzene rings is 1. The van der Waals surface area contributed by atoms with Crippen LogP contribution in [0.5, 0.6) is 0 Å². The molecule has 0 spiro atoms. The fraction of sp³-hybridized carbons (Fsp3) is 0.529. The Balaban J connectivity index is 1.65. The van der Waals surface area contributed by atoms with E-state index in [-0.39, 0.29) is 29.0 Å². The number of Topliss-reactive ketones (excluding diaryl/α,β-unsaturated/α-hetero) is 1. The van der Waals surface area contributed by atoms with Crippen LogP contribution in [-0.4, -0.2) is 16.6 Å². The second-order valence-corrected chi connectivity index (χ2v) is 7.22. The maximum absolute atomic E-state index is 12.9. The van der Waals surface area contributed by atoms with E-state index in [9.17, 15) is 19.7 Å². The predicted octanol–water partition coefficient (Wildman–Crippen LogP) is 2.93. The highest BCUT2D eigenvalue weighted by atomic mass is 16.6. The smallest absolute Gasteiger partial charge is 0.292 e. The predicted molar refractivity (Wildman–Crippen MR) is 82.7 cm³/mol. The van der Waals surface area contributed by atoms with Crippen molar-refractivity contribution in [3.8, 4) is 0 Å². The standard InChI is InChI=1S/C17H18N2O4/c20-15-12-6-10-5-11(7-12)9-17(15,8-10)16(21)18-13-3-1-2-4-14(13)19(22)23/h1-4,10-12H,5-9H2,(H,18,21). The fourth-order valence-electron chi connectivity index (χ4n) is 5.05. The molecule has 4 saturated carbocycles. The molecule has 1 aromatic rings. The second kappa shape index (κ2) is 4.88. The number of nitrogens with zero attached hydrogens (tertiary/aromatic N) is 1. The third-order valence-corrected chi connectivity index (χ3v) is 5.80. The fourth-order valence-corrected chi connectivity index (χ4v) is 5.05. The third-order valence-electron chi connectivity index (χ3n) is 5.80. The van der Waals surface area contributed by atoms with Crippen molar-refractivity contribution in [1.82, 2.24) is 0 Å². The summed E-state index contributed by atoms with van der Waals surface area (Å²) in [7, 11) is 0. The summed E-state index contributed by atoms with van der Waals surface area (Å²) in [6.45, 7) is 0. The highest BCUT2D eigenvalue weighted by molar-refractivity contribution is 6.13. The van der Waals surface area contributed by atoms with Gasteiger partial charge in [-0.05, 0) is 50.0 Å². The molecule has 6 heteroatoms. The number of carbonyl (C=O) groups is 2. The zero-order chi connectivity index (χ0) is 16.2. The Morgan fingerprint density at radius 3 is 2.48 bits per heavy atom. The first-order chi connectivity index (χ1) is 11.0. The molecule has 120 valence electrons. The van der Waals surface area contributed by atoms with Crippen molar-refractivity contribution in [1.29, 1.82) is 0 Å². The molecule has 5 rings (SSSR count). The number of hydrogen-bond acceptors (Lipinski definition) is 4. The van der Waals surface area contributed by atoms with Crippen LogP contribution >= 0.6 is 0 Å². The van der Waals surface area contributed by atoms with Gasteiger partial charge in [-0.25, -0.2) is 0 Å². The summed E-state index contributed by atoms with van der Waals surface area (Å²) in [6.07, 6.45) is 4.15.